The summed E-state index contributed by atoms with van der Waals surface area (Å²) in [6.45, 7) is 12.3. The summed E-state index contributed by atoms with van der Waals surface area (Å²) in [5.41, 5.74) is 2.69. The summed E-state index contributed by atoms with van der Waals surface area (Å²) in [5.74, 6) is -0.0419. The average Bonchev–Trinajstić information content (AvgIpc) is 2.76. The number of nitrogens with zero attached hydrogens (tertiary/aromatic N) is 2. The fourth-order valence-electron chi connectivity index (χ4n) is 4.18. The van der Waals surface area contributed by atoms with Crippen LogP contribution in [0.25, 0.3) is 0 Å². The van der Waals surface area contributed by atoms with Gasteiger partial charge < -0.3 is 14.1 Å². The van der Waals surface area contributed by atoms with Gasteiger partial charge in [0.05, 0.1) is 39.3 Å². The number of amides is 1. The van der Waals surface area contributed by atoms with E-state index in [1.165, 1.54) is 18.1 Å². The van der Waals surface area contributed by atoms with E-state index in [4.69, 9.17) is 4.74 Å². The Morgan fingerprint density at radius 1 is 1.03 bits per heavy atom. The quantitative estimate of drug-likeness (QED) is 0.211. The summed E-state index contributed by atoms with van der Waals surface area (Å²) in [4.78, 5) is 25.2. The van der Waals surface area contributed by atoms with E-state index in [9.17, 15) is 9.59 Å². The van der Waals surface area contributed by atoms with Gasteiger partial charge in [-0.15, -0.1) is 0 Å². The molecule has 31 heavy (non-hydrogen) atoms. The third kappa shape index (κ3) is 9.26. The second-order valence-corrected chi connectivity index (χ2v) is 8.87. The van der Waals surface area contributed by atoms with Crippen molar-refractivity contribution in [3.05, 3.63) is 47.5 Å². The number of benzene rings is 1. The number of carbonyl (C=O) groups is 2. The Morgan fingerprint density at radius 3 is 2.32 bits per heavy atom. The van der Waals surface area contributed by atoms with Gasteiger partial charge in [0.1, 0.15) is 6.54 Å². The summed E-state index contributed by atoms with van der Waals surface area (Å²) in [5, 5.41) is 0. The lowest BCUT2D eigenvalue weighted by atomic mass is 10.1. The first kappa shape index (κ1) is 25.1. The standard InChI is InChI=1S/C26H41N2O3/c1-4-28(22-25-15-13-23(2)14-16-25)19-17-27(18-20-28)26(30)12-10-8-6-5-7-9-11-21-31-24(3)29/h10,12-16H,4-9,11,17-22H2,1-3H3/q+1/b12-10+. The summed E-state index contributed by atoms with van der Waals surface area (Å²) < 4.78 is 5.99. The Hall–Kier alpha value is -2.14. The molecule has 2 rings (SSSR count). The summed E-state index contributed by atoms with van der Waals surface area (Å²) in [6, 6.07) is 8.86. The maximum atomic E-state index is 12.5. The van der Waals surface area contributed by atoms with Crippen molar-refractivity contribution in [3.8, 4) is 0 Å². The number of esters is 1. The second-order valence-electron chi connectivity index (χ2n) is 8.87. The molecule has 1 aromatic carbocycles. The van der Waals surface area contributed by atoms with Crippen molar-refractivity contribution in [1.29, 1.82) is 0 Å². The van der Waals surface area contributed by atoms with Crippen LogP contribution in [-0.2, 0) is 20.9 Å². The molecule has 0 atom stereocenters. The molecule has 172 valence electrons. The zero-order chi connectivity index (χ0) is 22.5. The Kier molecular flexibility index (Phi) is 10.8. The lowest BCUT2D eigenvalue weighted by Crippen LogP contribution is -2.59. The van der Waals surface area contributed by atoms with Crippen LogP contribution < -0.4 is 0 Å². The molecule has 1 fully saturated rings. The highest BCUT2D eigenvalue weighted by molar-refractivity contribution is 5.87. The van der Waals surface area contributed by atoms with E-state index in [1.807, 2.05) is 11.0 Å². The van der Waals surface area contributed by atoms with Crippen LogP contribution in [0.2, 0.25) is 0 Å². The van der Waals surface area contributed by atoms with Crippen molar-refractivity contribution in [2.24, 2.45) is 0 Å². The smallest absolute Gasteiger partial charge is 0.302 e. The third-order valence-electron chi connectivity index (χ3n) is 6.39. The molecule has 1 aliphatic rings. The van der Waals surface area contributed by atoms with Crippen molar-refractivity contribution in [2.45, 2.75) is 65.8 Å². The number of piperazine rings is 1. The van der Waals surface area contributed by atoms with Crippen LogP contribution in [0.4, 0.5) is 0 Å². The van der Waals surface area contributed by atoms with E-state index in [1.54, 1.807) is 6.08 Å². The molecule has 0 unspecified atom stereocenters. The number of aryl methyl sites for hydroxylation is 1. The number of ether oxygens (including phenoxy) is 1. The fourth-order valence-corrected chi connectivity index (χ4v) is 4.18. The highest BCUT2D eigenvalue weighted by atomic mass is 16.5. The number of allylic oxidation sites excluding steroid dienone is 1. The number of unbranched alkanes of at least 4 members (excludes halogenated alkanes) is 5. The van der Waals surface area contributed by atoms with Crippen LogP contribution >= 0.6 is 0 Å². The Morgan fingerprint density at radius 2 is 1.68 bits per heavy atom. The maximum absolute atomic E-state index is 12.5. The van der Waals surface area contributed by atoms with E-state index >= 15 is 0 Å². The van der Waals surface area contributed by atoms with Crippen LogP contribution in [0.1, 0.15) is 63.5 Å². The Labute approximate surface area is 188 Å². The van der Waals surface area contributed by atoms with Crippen molar-refractivity contribution >= 4 is 11.9 Å². The summed E-state index contributed by atoms with van der Waals surface area (Å²) in [6.07, 6.45) is 10.2. The van der Waals surface area contributed by atoms with Crippen LogP contribution in [0.15, 0.2) is 36.4 Å². The molecule has 0 aromatic heterocycles. The zero-order valence-electron chi connectivity index (χ0n) is 19.8. The van der Waals surface area contributed by atoms with E-state index < -0.39 is 0 Å². The molecular weight excluding hydrogens is 388 g/mol. The van der Waals surface area contributed by atoms with E-state index in [2.05, 4.69) is 38.1 Å². The Balaban J connectivity index is 1.63. The predicted molar refractivity (Wildman–Crippen MR) is 125 cm³/mol. The van der Waals surface area contributed by atoms with Gasteiger partial charge in [-0.3, -0.25) is 9.59 Å². The third-order valence-corrected chi connectivity index (χ3v) is 6.39. The van der Waals surface area contributed by atoms with Gasteiger partial charge in [0, 0.05) is 12.5 Å². The van der Waals surface area contributed by atoms with Gasteiger partial charge in [0.2, 0.25) is 5.91 Å². The molecule has 0 aliphatic carbocycles. The SMILES string of the molecule is CC[N+]1(Cc2ccc(C)cc2)CCN(C(=O)/C=C/CCCCCCCOC(C)=O)CC1. The molecule has 5 nitrogen and oxygen atoms in total. The van der Waals surface area contributed by atoms with Crippen molar-refractivity contribution < 1.29 is 18.8 Å². The molecule has 5 heteroatoms. The first-order chi connectivity index (χ1) is 14.9. The molecule has 0 spiro atoms. The van der Waals surface area contributed by atoms with Gasteiger partial charge >= 0.3 is 5.97 Å². The van der Waals surface area contributed by atoms with E-state index in [0.29, 0.717) is 6.61 Å². The van der Waals surface area contributed by atoms with Crippen LogP contribution in [0, 0.1) is 6.92 Å². The maximum Gasteiger partial charge on any atom is 0.302 e. The molecule has 0 radical (unpaired) electrons. The average molecular weight is 430 g/mol. The van der Waals surface area contributed by atoms with Crippen molar-refractivity contribution in [1.82, 2.24) is 4.90 Å². The van der Waals surface area contributed by atoms with Crippen molar-refractivity contribution in [3.63, 3.8) is 0 Å². The van der Waals surface area contributed by atoms with Crippen LogP contribution in [0.5, 0.6) is 0 Å². The summed E-state index contributed by atoms with van der Waals surface area (Å²) in [7, 11) is 0. The molecule has 1 aromatic rings. The first-order valence-corrected chi connectivity index (χ1v) is 11.9. The molecule has 1 saturated heterocycles. The topological polar surface area (TPSA) is 46.6 Å². The van der Waals surface area contributed by atoms with Gasteiger partial charge in [0.25, 0.3) is 0 Å². The highest BCUT2D eigenvalue weighted by Gasteiger charge is 2.32. The van der Waals surface area contributed by atoms with E-state index in [-0.39, 0.29) is 11.9 Å². The monoisotopic (exact) mass is 429 g/mol. The minimum absolute atomic E-state index is 0.158. The predicted octanol–water partition coefficient (Wildman–Crippen LogP) is 4.63. The molecule has 0 N–H and O–H groups in total. The number of quaternary nitrogens is 1. The number of hydrogen-bond acceptors (Lipinski definition) is 3. The molecular formula is C26H41N2O3+. The lowest BCUT2D eigenvalue weighted by molar-refractivity contribution is -0.942. The first-order valence-electron chi connectivity index (χ1n) is 11.9. The lowest BCUT2D eigenvalue weighted by Gasteiger charge is -2.44. The number of hydrogen-bond donors (Lipinski definition) is 0. The second kappa shape index (κ2) is 13.3. The van der Waals surface area contributed by atoms with Gasteiger partial charge in [-0.1, -0.05) is 55.2 Å². The molecule has 0 bridgehead atoms. The van der Waals surface area contributed by atoms with Gasteiger partial charge in [-0.25, -0.2) is 0 Å². The van der Waals surface area contributed by atoms with Crippen molar-refractivity contribution in [2.75, 3.05) is 39.3 Å². The molecule has 1 amide bonds. The van der Waals surface area contributed by atoms with Crippen LogP contribution in [-0.4, -0.2) is 60.6 Å². The summed E-state index contributed by atoms with van der Waals surface area (Å²) >= 11 is 0. The fraction of sp³-hybridized carbons (Fsp3) is 0.615. The number of likely N-dealkylation sites (N-methyl/N-ethyl adjacent to an activating group) is 1. The minimum Gasteiger partial charge on any atom is -0.466 e. The molecule has 0 saturated carbocycles. The van der Waals surface area contributed by atoms with Gasteiger partial charge in [-0.05, 0) is 39.2 Å². The number of rotatable bonds is 12. The minimum atomic E-state index is -0.200. The van der Waals surface area contributed by atoms with Gasteiger partial charge in [0.15, 0.2) is 0 Å². The number of carbonyl (C=O) groups excluding carboxylic acids is 2. The molecule has 1 aliphatic heterocycles. The Bertz CT molecular complexity index is 704. The zero-order valence-corrected chi connectivity index (χ0v) is 19.8. The van der Waals surface area contributed by atoms with Gasteiger partial charge in [-0.2, -0.15) is 0 Å². The largest absolute Gasteiger partial charge is 0.466 e. The molecule has 1 heterocycles. The normalized spacial score (nSPS) is 15.9. The van der Waals surface area contributed by atoms with E-state index in [0.717, 1.165) is 82.3 Å². The van der Waals surface area contributed by atoms with Crippen LogP contribution in [0.3, 0.4) is 0 Å². The highest BCUT2D eigenvalue weighted by Crippen LogP contribution is 2.19.